The van der Waals surface area contributed by atoms with Gasteiger partial charge >= 0.3 is 0 Å². The van der Waals surface area contributed by atoms with Gasteiger partial charge in [-0.05, 0) is 56.5 Å². The van der Waals surface area contributed by atoms with Crippen LogP contribution < -0.4 is 10.5 Å². The molecule has 1 atom stereocenters. The zero-order chi connectivity index (χ0) is 14.4. The zero-order valence-electron chi connectivity index (χ0n) is 12.3. The van der Waals surface area contributed by atoms with E-state index in [1.54, 1.807) is 12.1 Å². The molecule has 20 heavy (non-hydrogen) atoms. The minimum absolute atomic E-state index is 0.0938. The smallest absolute Gasteiger partial charge is 0.165 e. The molecule has 1 fully saturated rings. The van der Waals surface area contributed by atoms with E-state index in [0.29, 0.717) is 18.8 Å². The number of nitrogens with two attached hydrogens (primary N) is 1. The molecule has 0 bridgehead atoms. The summed E-state index contributed by atoms with van der Waals surface area (Å²) >= 11 is 0. The summed E-state index contributed by atoms with van der Waals surface area (Å²) in [7, 11) is 0. The summed E-state index contributed by atoms with van der Waals surface area (Å²) in [5.74, 6) is 0.0604. The van der Waals surface area contributed by atoms with E-state index in [4.69, 9.17) is 10.5 Å². The summed E-state index contributed by atoms with van der Waals surface area (Å²) in [5, 5.41) is 0. The second-order valence-electron chi connectivity index (χ2n) is 5.53. The predicted octanol–water partition coefficient (Wildman–Crippen LogP) is 2.58. The fraction of sp³-hybridized carbons (Fsp3) is 0.625. The quantitative estimate of drug-likeness (QED) is 0.834. The molecular weight excluding hydrogens is 255 g/mol. The molecule has 1 unspecified atom stereocenters. The molecular formula is C16H25FN2O. The van der Waals surface area contributed by atoms with E-state index in [-0.39, 0.29) is 11.9 Å². The highest BCUT2D eigenvalue weighted by Crippen LogP contribution is 2.19. The van der Waals surface area contributed by atoms with Gasteiger partial charge in [0.05, 0.1) is 0 Å². The Labute approximate surface area is 120 Å². The fourth-order valence-corrected chi connectivity index (χ4v) is 2.53. The summed E-state index contributed by atoms with van der Waals surface area (Å²) in [6, 6.07) is 5.26. The standard InChI is InChI=1S/C16H25FN2O/c1-2-14(18)11-13-5-6-16(15(17)12-13)20-10-9-19-7-3-4-8-19/h5-6,12,14H,2-4,7-11,18H2,1H3. The van der Waals surface area contributed by atoms with Crippen LogP contribution in [0, 0.1) is 5.82 Å². The van der Waals surface area contributed by atoms with Gasteiger partial charge in [-0.25, -0.2) is 4.39 Å². The van der Waals surface area contributed by atoms with Crippen LogP contribution in [0.25, 0.3) is 0 Å². The number of rotatable bonds is 7. The Morgan fingerprint density at radius 2 is 2.10 bits per heavy atom. The van der Waals surface area contributed by atoms with Crippen molar-refractivity contribution in [2.75, 3.05) is 26.2 Å². The van der Waals surface area contributed by atoms with Crippen LogP contribution in [0.5, 0.6) is 5.75 Å². The lowest BCUT2D eigenvalue weighted by Crippen LogP contribution is -2.25. The van der Waals surface area contributed by atoms with E-state index in [2.05, 4.69) is 4.90 Å². The normalized spacial score (nSPS) is 17.4. The van der Waals surface area contributed by atoms with E-state index in [0.717, 1.165) is 31.6 Å². The van der Waals surface area contributed by atoms with Crippen molar-refractivity contribution in [2.24, 2.45) is 5.73 Å². The van der Waals surface area contributed by atoms with Crippen LogP contribution in [0.3, 0.4) is 0 Å². The lowest BCUT2D eigenvalue weighted by atomic mass is 10.0. The maximum Gasteiger partial charge on any atom is 0.165 e. The van der Waals surface area contributed by atoms with E-state index >= 15 is 0 Å². The van der Waals surface area contributed by atoms with Crippen molar-refractivity contribution in [3.05, 3.63) is 29.6 Å². The molecule has 4 heteroatoms. The van der Waals surface area contributed by atoms with Gasteiger partial charge in [-0.3, -0.25) is 4.90 Å². The third kappa shape index (κ3) is 4.46. The van der Waals surface area contributed by atoms with Crippen molar-refractivity contribution in [2.45, 2.75) is 38.6 Å². The van der Waals surface area contributed by atoms with E-state index in [1.807, 2.05) is 13.0 Å². The first-order valence-electron chi connectivity index (χ1n) is 7.58. The van der Waals surface area contributed by atoms with Crippen LogP contribution in [0.1, 0.15) is 31.7 Å². The third-order valence-corrected chi connectivity index (χ3v) is 3.88. The molecule has 0 aliphatic carbocycles. The van der Waals surface area contributed by atoms with E-state index in [1.165, 1.54) is 12.8 Å². The molecule has 1 heterocycles. The molecule has 0 spiro atoms. The van der Waals surface area contributed by atoms with Crippen LogP contribution in [0.4, 0.5) is 4.39 Å². The van der Waals surface area contributed by atoms with Gasteiger partial charge < -0.3 is 10.5 Å². The van der Waals surface area contributed by atoms with Crippen molar-refractivity contribution < 1.29 is 9.13 Å². The molecule has 1 aliphatic rings. The number of halogens is 1. The van der Waals surface area contributed by atoms with Crippen LogP contribution in [0.15, 0.2) is 18.2 Å². The Hall–Kier alpha value is -1.13. The number of hydrogen-bond donors (Lipinski definition) is 1. The van der Waals surface area contributed by atoms with Crippen molar-refractivity contribution >= 4 is 0 Å². The summed E-state index contributed by atoms with van der Waals surface area (Å²) in [6.07, 6.45) is 4.14. The highest BCUT2D eigenvalue weighted by atomic mass is 19.1. The largest absolute Gasteiger partial charge is 0.489 e. The van der Waals surface area contributed by atoms with Crippen molar-refractivity contribution in [1.82, 2.24) is 4.90 Å². The lowest BCUT2D eigenvalue weighted by molar-refractivity contribution is 0.231. The maximum atomic E-state index is 13.9. The average Bonchev–Trinajstić information content (AvgIpc) is 2.94. The van der Waals surface area contributed by atoms with Crippen molar-refractivity contribution in [1.29, 1.82) is 0 Å². The minimum Gasteiger partial charge on any atom is -0.489 e. The second-order valence-corrected chi connectivity index (χ2v) is 5.53. The minimum atomic E-state index is -0.285. The Morgan fingerprint density at radius 3 is 2.75 bits per heavy atom. The molecule has 0 radical (unpaired) electrons. The molecule has 112 valence electrons. The number of benzene rings is 1. The fourth-order valence-electron chi connectivity index (χ4n) is 2.53. The van der Waals surface area contributed by atoms with Gasteiger partial charge in [-0.2, -0.15) is 0 Å². The Bertz CT molecular complexity index is 419. The lowest BCUT2D eigenvalue weighted by Gasteiger charge is -2.15. The molecule has 0 saturated carbocycles. The second kappa shape index (κ2) is 7.60. The van der Waals surface area contributed by atoms with E-state index in [9.17, 15) is 4.39 Å². The Kier molecular flexibility index (Phi) is 5.80. The van der Waals surface area contributed by atoms with Crippen LogP contribution in [-0.2, 0) is 6.42 Å². The summed E-state index contributed by atoms with van der Waals surface area (Å²) in [4.78, 5) is 2.35. The first kappa shape index (κ1) is 15.3. The van der Waals surface area contributed by atoms with Gasteiger partial charge in [0.25, 0.3) is 0 Å². The summed E-state index contributed by atoms with van der Waals surface area (Å²) < 4.78 is 19.5. The first-order chi connectivity index (χ1) is 9.69. The Balaban J connectivity index is 1.82. The zero-order valence-corrected chi connectivity index (χ0v) is 12.3. The van der Waals surface area contributed by atoms with Gasteiger partial charge in [0.15, 0.2) is 11.6 Å². The molecule has 1 aromatic rings. The highest BCUT2D eigenvalue weighted by Gasteiger charge is 2.12. The molecule has 2 rings (SSSR count). The molecule has 2 N–H and O–H groups in total. The van der Waals surface area contributed by atoms with Gasteiger partial charge in [0.1, 0.15) is 6.61 Å². The molecule has 1 saturated heterocycles. The predicted molar refractivity (Wildman–Crippen MR) is 79.5 cm³/mol. The third-order valence-electron chi connectivity index (χ3n) is 3.88. The molecule has 1 aromatic carbocycles. The molecule has 1 aliphatic heterocycles. The molecule has 0 aromatic heterocycles. The summed E-state index contributed by atoms with van der Waals surface area (Å²) in [5.41, 5.74) is 6.82. The number of likely N-dealkylation sites (tertiary alicyclic amines) is 1. The van der Waals surface area contributed by atoms with Gasteiger partial charge in [0, 0.05) is 12.6 Å². The molecule has 3 nitrogen and oxygen atoms in total. The topological polar surface area (TPSA) is 38.5 Å². The highest BCUT2D eigenvalue weighted by molar-refractivity contribution is 5.29. The number of hydrogen-bond acceptors (Lipinski definition) is 3. The average molecular weight is 280 g/mol. The SMILES string of the molecule is CCC(N)Cc1ccc(OCCN2CCCC2)c(F)c1. The number of nitrogens with zero attached hydrogens (tertiary/aromatic N) is 1. The monoisotopic (exact) mass is 280 g/mol. The van der Waals surface area contributed by atoms with Crippen molar-refractivity contribution in [3.63, 3.8) is 0 Å². The van der Waals surface area contributed by atoms with E-state index < -0.39 is 0 Å². The van der Waals surface area contributed by atoms with Crippen LogP contribution >= 0.6 is 0 Å². The summed E-state index contributed by atoms with van der Waals surface area (Å²) in [6.45, 7) is 5.74. The van der Waals surface area contributed by atoms with Crippen LogP contribution in [0.2, 0.25) is 0 Å². The van der Waals surface area contributed by atoms with Crippen LogP contribution in [-0.4, -0.2) is 37.2 Å². The molecule has 0 amide bonds. The number of ether oxygens (including phenoxy) is 1. The van der Waals surface area contributed by atoms with Gasteiger partial charge in [-0.1, -0.05) is 13.0 Å². The first-order valence-corrected chi connectivity index (χ1v) is 7.58. The van der Waals surface area contributed by atoms with Crippen molar-refractivity contribution in [3.8, 4) is 5.75 Å². The maximum absolute atomic E-state index is 13.9. The Morgan fingerprint density at radius 1 is 1.35 bits per heavy atom. The van der Waals surface area contributed by atoms with Gasteiger partial charge in [-0.15, -0.1) is 0 Å². The van der Waals surface area contributed by atoms with Gasteiger partial charge in [0.2, 0.25) is 0 Å².